The van der Waals surface area contributed by atoms with Crippen LogP contribution in [0, 0.1) is 11.7 Å². The first kappa shape index (κ1) is 23.5. The number of hydrogen-bond donors (Lipinski definition) is 2. The standard InChI is InChI=1S/C21H30FN3O5S/c1-14(17-8-9-18(22)19(12-17)30-13-16-6-7-16)24-31(28,29)11-5-3-4-10-25-15(2)20(26)23-21(25)27/h8-9,12,14-16,24H,3-7,10-11,13H2,1-2H3,(H,23,26,27)/t14?,15-/m0/s1. The average Bonchev–Trinajstić information content (AvgIpc) is 3.49. The van der Waals surface area contributed by atoms with Crippen molar-refractivity contribution in [2.45, 2.75) is 58.0 Å². The Morgan fingerprint density at radius 3 is 2.65 bits per heavy atom. The van der Waals surface area contributed by atoms with Gasteiger partial charge in [-0.2, -0.15) is 0 Å². The van der Waals surface area contributed by atoms with E-state index >= 15 is 0 Å². The second kappa shape index (κ2) is 9.95. The Bertz CT molecular complexity index is 920. The van der Waals surface area contributed by atoms with Gasteiger partial charge in [-0.3, -0.25) is 10.1 Å². The van der Waals surface area contributed by atoms with Crippen molar-refractivity contribution in [1.29, 1.82) is 0 Å². The predicted octanol–water partition coefficient (Wildman–Crippen LogP) is 2.71. The topological polar surface area (TPSA) is 105 Å². The number of carbonyl (C=O) groups is 2. The molecule has 3 rings (SSSR count). The number of carbonyl (C=O) groups excluding carboxylic acids is 2. The second-order valence-electron chi connectivity index (χ2n) is 8.33. The zero-order chi connectivity index (χ0) is 22.6. The molecule has 0 aromatic heterocycles. The van der Waals surface area contributed by atoms with Crippen molar-refractivity contribution in [3.8, 4) is 5.75 Å². The Morgan fingerprint density at radius 1 is 1.26 bits per heavy atom. The SMILES string of the molecule is CC(NS(=O)(=O)CCCCCN1C(=O)NC(=O)[C@@H]1C)c1ccc(F)c(OCC2CC2)c1. The summed E-state index contributed by atoms with van der Waals surface area (Å²) in [6, 6.07) is 2.98. The first-order chi connectivity index (χ1) is 14.7. The van der Waals surface area contributed by atoms with Gasteiger partial charge in [0.05, 0.1) is 12.4 Å². The number of sulfonamides is 1. The molecule has 1 unspecified atom stereocenters. The molecule has 2 N–H and O–H groups in total. The molecule has 0 spiro atoms. The van der Waals surface area contributed by atoms with Gasteiger partial charge in [-0.25, -0.2) is 22.3 Å². The predicted molar refractivity (Wildman–Crippen MR) is 114 cm³/mol. The average molecular weight is 456 g/mol. The Labute approximate surface area is 182 Å². The quantitative estimate of drug-likeness (QED) is 0.372. The number of nitrogens with zero attached hydrogens (tertiary/aromatic N) is 1. The molecule has 2 fully saturated rings. The third kappa shape index (κ3) is 6.64. The fraction of sp³-hybridized carbons (Fsp3) is 0.619. The van der Waals surface area contributed by atoms with Gasteiger partial charge >= 0.3 is 6.03 Å². The molecule has 172 valence electrons. The van der Waals surface area contributed by atoms with Gasteiger partial charge in [0.25, 0.3) is 5.91 Å². The summed E-state index contributed by atoms with van der Waals surface area (Å²) in [5.74, 6) is -0.184. The van der Waals surface area contributed by atoms with Crippen LogP contribution in [-0.4, -0.2) is 50.2 Å². The molecule has 3 amide bonds. The van der Waals surface area contributed by atoms with Crippen molar-refractivity contribution in [2.24, 2.45) is 5.92 Å². The maximum atomic E-state index is 14.0. The van der Waals surface area contributed by atoms with Gasteiger partial charge in [-0.15, -0.1) is 0 Å². The molecule has 1 saturated heterocycles. The third-order valence-electron chi connectivity index (χ3n) is 5.63. The summed E-state index contributed by atoms with van der Waals surface area (Å²) in [5, 5.41) is 2.25. The highest BCUT2D eigenvalue weighted by molar-refractivity contribution is 7.89. The molecule has 0 bridgehead atoms. The van der Waals surface area contributed by atoms with Gasteiger partial charge in [0.15, 0.2) is 11.6 Å². The van der Waals surface area contributed by atoms with Gasteiger partial charge in [0.1, 0.15) is 6.04 Å². The van der Waals surface area contributed by atoms with E-state index < -0.39 is 34.0 Å². The summed E-state index contributed by atoms with van der Waals surface area (Å²) in [5.41, 5.74) is 0.634. The summed E-state index contributed by atoms with van der Waals surface area (Å²) in [4.78, 5) is 24.6. The van der Waals surface area contributed by atoms with E-state index in [4.69, 9.17) is 4.74 Å². The Balaban J connectivity index is 1.43. The zero-order valence-electron chi connectivity index (χ0n) is 17.9. The smallest absolute Gasteiger partial charge is 0.324 e. The fourth-order valence-corrected chi connectivity index (χ4v) is 4.81. The van der Waals surface area contributed by atoms with E-state index in [2.05, 4.69) is 10.0 Å². The maximum absolute atomic E-state index is 14.0. The van der Waals surface area contributed by atoms with Crippen LogP contribution < -0.4 is 14.8 Å². The Hall–Kier alpha value is -2.20. The van der Waals surface area contributed by atoms with Crippen LogP contribution in [0.2, 0.25) is 0 Å². The molecular weight excluding hydrogens is 425 g/mol. The van der Waals surface area contributed by atoms with Crippen LogP contribution in [0.4, 0.5) is 9.18 Å². The molecule has 2 atom stereocenters. The highest BCUT2D eigenvalue weighted by Gasteiger charge is 2.34. The number of amides is 3. The minimum absolute atomic E-state index is 0.0513. The van der Waals surface area contributed by atoms with E-state index in [0.29, 0.717) is 43.9 Å². The van der Waals surface area contributed by atoms with Crippen molar-refractivity contribution in [3.63, 3.8) is 0 Å². The Kier molecular flexibility index (Phi) is 7.53. The number of benzene rings is 1. The number of imide groups is 1. The number of unbranched alkanes of at least 4 members (excludes halogenated alkanes) is 2. The van der Waals surface area contributed by atoms with E-state index in [9.17, 15) is 22.4 Å². The number of rotatable bonds is 12. The lowest BCUT2D eigenvalue weighted by atomic mass is 10.1. The lowest BCUT2D eigenvalue weighted by Crippen LogP contribution is -2.33. The van der Waals surface area contributed by atoms with Crippen LogP contribution in [0.3, 0.4) is 0 Å². The minimum atomic E-state index is -3.53. The summed E-state index contributed by atoms with van der Waals surface area (Å²) in [6.07, 6.45) is 3.84. The number of halogens is 1. The molecule has 0 radical (unpaired) electrons. The van der Waals surface area contributed by atoms with Crippen molar-refractivity contribution in [2.75, 3.05) is 18.9 Å². The van der Waals surface area contributed by atoms with Crippen molar-refractivity contribution >= 4 is 22.0 Å². The third-order valence-corrected chi connectivity index (χ3v) is 7.17. The summed E-state index contributed by atoms with van der Waals surface area (Å²) < 4.78 is 46.9. The summed E-state index contributed by atoms with van der Waals surface area (Å²) in [7, 11) is -3.53. The number of urea groups is 1. The lowest BCUT2D eigenvalue weighted by molar-refractivity contribution is -0.121. The monoisotopic (exact) mass is 455 g/mol. The molecule has 1 saturated carbocycles. The molecule has 1 aliphatic heterocycles. The van der Waals surface area contributed by atoms with E-state index in [0.717, 1.165) is 12.8 Å². The van der Waals surface area contributed by atoms with Crippen molar-refractivity contribution < 1.29 is 27.1 Å². The van der Waals surface area contributed by atoms with E-state index in [1.807, 2.05) is 0 Å². The van der Waals surface area contributed by atoms with Gasteiger partial charge in [-0.1, -0.05) is 12.5 Å². The van der Waals surface area contributed by atoms with Gasteiger partial charge in [0.2, 0.25) is 10.0 Å². The highest BCUT2D eigenvalue weighted by Crippen LogP contribution is 2.31. The lowest BCUT2D eigenvalue weighted by Gasteiger charge is -2.18. The van der Waals surface area contributed by atoms with Crippen molar-refractivity contribution in [1.82, 2.24) is 14.9 Å². The largest absolute Gasteiger partial charge is 0.490 e. The molecule has 1 heterocycles. The van der Waals surface area contributed by atoms with Gasteiger partial charge in [-0.05, 0) is 63.1 Å². The molecule has 1 aromatic carbocycles. The van der Waals surface area contributed by atoms with Crippen LogP contribution >= 0.6 is 0 Å². The molecule has 1 aliphatic carbocycles. The first-order valence-corrected chi connectivity index (χ1v) is 12.3. The van der Waals surface area contributed by atoms with Crippen molar-refractivity contribution in [3.05, 3.63) is 29.6 Å². The Morgan fingerprint density at radius 2 is 2.00 bits per heavy atom. The van der Waals surface area contributed by atoms with E-state index in [1.165, 1.54) is 11.0 Å². The van der Waals surface area contributed by atoms with Crippen LogP contribution in [-0.2, 0) is 14.8 Å². The fourth-order valence-electron chi connectivity index (χ4n) is 3.43. The zero-order valence-corrected chi connectivity index (χ0v) is 18.7. The molecule has 8 nitrogen and oxygen atoms in total. The molecule has 1 aromatic rings. The van der Waals surface area contributed by atoms with Crippen LogP contribution in [0.1, 0.15) is 57.6 Å². The maximum Gasteiger partial charge on any atom is 0.324 e. The summed E-state index contributed by atoms with van der Waals surface area (Å²) in [6.45, 7) is 4.25. The van der Waals surface area contributed by atoms with E-state index in [1.54, 1.807) is 26.0 Å². The van der Waals surface area contributed by atoms with Crippen LogP contribution in [0.15, 0.2) is 18.2 Å². The number of nitrogens with one attached hydrogen (secondary N) is 2. The van der Waals surface area contributed by atoms with Gasteiger partial charge < -0.3 is 9.64 Å². The van der Waals surface area contributed by atoms with Crippen LogP contribution in [0.25, 0.3) is 0 Å². The summed E-state index contributed by atoms with van der Waals surface area (Å²) >= 11 is 0. The second-order valence-corrected chi connectivity index (χ2v) is 10.2. The molecule has 10 heteroatoms. The number of hydrogen-bond acceptors (Lipinski definition) is 5. The molecule has 31 heavy (non-hydrogen) atoms. The van der Waals surface area contributed by atoms with Gasteiger partial charge in [0, 0.05) is 12.6 Å². The first-order valence-electron chi connectivity index (χ1n) is 10.7. The normalized spacial score (nSPS) is 20.1. The molecular formula is C21H30FN3O5S. The van der Waals surface area contributed by atoms with Crippen LogP contribution in [0.5, 0.6) is 5.75 Å². The van der Waals surface area contributed by atoms with E-state index in [-0.39, 0.29) is 17.4 Å². The highest BCUT2D eigenvalue weighted by atomic mass is 32.2. The number of ether oxygens (including phenoxy) is 1. The molecule has 2 aliphatic rings. The minimum Gasteiger partial charge on any atom is -0.490 e.